The lowest BCUT2D eigenvalue weighted by Crippen LogP contribution is -2.35. The van der Waals surface area contributed by atoms with Crippen LogP contribution < -0.4 is 10.6 Å². The molecule has 1 amide bonds. The molecule has 3 N–H and O–H groups in total. The average Bonchev–Trinajstić information content (AvgIpc) is 2.70. The summed E-state index contributed by atoms with van der Waals surface area (Å²) in [7, 11) is 0. The van der Waals surface area contributed by atoms with Crippen LogP contribution in [0.15, 0.2) is 47.3 Å². The normalized spacial score (nSPS) is 11.9. The number of hydrogen-bond donors (Lipinski definition) is 3. The first-order chi connectivity index (χ1) is 14.7. The first-order valence-electron chi connectivity index (χ1n) is 9.43. The lowest BCUT2D eigenvalue weighted by atomic mass is 10.1. The Morgan fingerprint density at radius 2 is 1.94 bits per heavy atom. The van der Waals surface area contributed by atoms with Gasteiger partial charge in [0.05, 0.1) is 6.10 Å². The Balaban J connectivity index is 1.91. The van der Waals surface area contributed by atoms with Crippen molar-refractivity contribution in [1.29, 1.82) is 0 Å². The molecule has 1 atom stereocenters. The maximum Gasteiger partial charge on any atom is 0.414 e. The van der Waals surface area contributed by atoms with Crippen LogP contribution in [0.25, 0.3) is 11.4 Å². The number of nitrogens with one attached hydrogen (secondary N) is 1. The predicted molar refractivity (Wildman–Crippen MR) is 114 cm³/mol. The van der Waals surface area contributed by atoms with Crippen molar-refractivity contribution in [2.45, 2.75) is 25.9 Å². The van der Waals surface area contributed by atoms with Crippen LogP contribution in [0.2, 0.25) is 5.02 Å². The number of benzene rings is 2. The molecule has 0 aliphatic carbocycles. The number of halogens is 2. The molecule has 2 aromatic carbocycles. The average molecular weight is 447 g/mol. The Bertz CT molecular complexity index is 1130. The van der Waals surface area contributed by atoms with E-state index in [0.29, 0.717) is 22.6 Å². The Hall–Kier alpha value is -3.30. The minimum absolute atomic E-state index is 0.0300. The molecule has 8 nitrogen and oxygen atoms in total. The quantitative estimate of drug-likeness (QED) is 0.512. The molecule has 0 saturated carbocycles. The van der Waals surface area contributed by atoms with Gasteiger partial charge in [0.2, 0.25) is 5.95 Å². The van der Waals surface area contributed by atoms with Gasteiger partial charge >= 0.3 is 11.8 Å². The zero-order valence-electron chi connectivity index (χ0n) is 16.5. The third-order valence-corrected chi connectivity index (χ3v) is 4.85. The van der Waals surface area contributed by atoms with Crippen LogP contribution in [0.3, 0.4) is 0 Å². The molecule has 31 heavy (non-hydrogen) atoms. The molecule has 0 saturated heterocycles. The maximum absolute atomic E-state index is 13.1. The van der Waals surface area contributed by atoms with Crippen molar-refractivity contribution < 1.29 is 19.4 Å². The fourth-order valence-electron chi connectivity index (χ4n) is 3.00. The van der Waals surface area contributed by atoms with Crippen molar-refractivity contribution >= 4 is 23.6 Å². The summed E-state index contributed by atoms with van der Waals surface area (Å²) in [5.74, 6) is -0.550. The zero-order valence-corrected chi connectivity index (χ0v) is 17.3. The molecule has 1 heterocycles. The number of amides is 1. The summed E-state index contributed by atoms with van der Waals surface area (Å²) in [6, 6.07) is 10.6. The highest BCUT2D eigenvalue weighted by Crippen LogP contribution is 2.24. The summed E-state index contributed by atoms with van der Waals surface area (Å²) in [5.41, 5.74) is 1.10. The molecule has 3 aromatic rings. The summed E-state index contributed by atoms with van der Waals surface area (Å²) >= 11 is 6.17. The summed E-state index contributed by atoms with van der Waals surface area (Å²) in [6.07, 6.45) is -1.38. The number of anilines is 1. The summed E-state index contributed by atoms with van der Waals surface area (Å²) < 4.78 is 13.1. The van der Waals surface area contributed by atoms with E-state index in [1.54, 1.807) is 37.3 Å². The van der Waals surface area contributed by atoms with Crippen LogP contribution >= 0.6 is 11.6 Å². The predicted octanol–water partition coefficient (Wildman–Crippen LogP) is 3.27. The molecule has 0 aliphatic heterocycles. The van der Waals surface area contributed by atoms with Crippen molar-refractivity contribution in [3.63, 3.8) is 0 Å². The highest BCUT2D eigenvalue weighted by Gasteiger charge is 2.20. The second kappa shape index (κ2) is 9.67. The highest BCUT2D eigenvalue weighted by atomic mass is 35.5. The molecule has 0 bridgehead atoms. The van der Waals surface area contributed by atoms with E-state index in [1.165, 1.54) is 12.1 Å². The van der Waals surface area contributed by atoms with Gasteiger partial charge in [0.1, 0.15) is 11.6 Å². The third kappa shape index (κ3) is 5.87. The molecule has 0 spiro atoms. The molecule has 1 unspecified atom stereocenters. The number of nitrogens with zero attached hydrogens (tertiary/aromatic N) is 3. The van der Waals surface area contributed by atoms with Crippen molar-refractivity contribution in [3.05, 3.63) is 74.9 Å². The van der Waals surface area contributed by atoms with E-state index in [9.17, 15) is 24.2 Å². The van der Waals surface area contributed by atoms with Crippen LogP contribution in [0.4, 0.5) is 15.1 Å². The van der Waals surface area contributed by atoms with Gasteiger partial charge in [-0.1, -0.05) is 23.7 Å². The van der Waals surface area contributed by atoms with Gasteiger partial charge in [-0.25, -0.2) is 18.9 Å². The second-order valence-electron chi connectivity index (χ2n) is 6.97. The van der Waals surface area contributed by atoms with Crippen LogP contribution in [0, 0.1) is 5.82 Å². The number of H-pyrrole nitrogens is 1. The van der Waals surface area contributed by atoms with Gasteiger partial charge in [-0.2, -0.15) is 9.97 Å². The van der Waals surface area contributed by atoms with E-state index >= 15 is 0 Å². The van der Waals surface area contributed by atoms with E-state index in [1.807, 2.05) is 0 Å². The van der Waals surface area contributed by atoms with Gasteiger partial charge in [-0.3, -0.25) is 4.98 Å². The number of carbonyl (C=O) groups is 1. The summed E-state index contributed by atoms with van der Waals surface area (Å²) in [5, 5.41) is 19.7. The van der Waals surface area contributed by atoms with E-state index in [2.05, 4.69) is 15.0 Å². The maximum atomic E-state index is 13.1. The van der Waals surface area contributed by atoms with Crippen molar-refractivity contribution in [2.24, 2.45) is 0 Å². The third-order valence-electron chi connectivity index (χ3n) is 4.48. The largest absolute Gasteiger partial charge is 0.465 e. The molecular formula is C21H20ClFN4O4. The van der Waals surface area contributed by atoms with Crippen molar-refractivity contribution in [3.8, 4) is 11.4 Å². The number of aliphatic hydroxyl groups excluding tert-OH is 1. The van der Waals surface area contributed by atoms with E-state index in [0.717, 1.165) is 10.5 Å². The fourth-order valence-corrected chi connectivity index (χ4v) is 3.20. The van der Waals surface area contributed by atoms with Gasteiger partial charge in [-0.15, -0.1) is 0 Å². The first-order valence-corrected chi connectivity index (χ1v) is 9.81. The number of aromatic nitrogens is 3. The first kappa shape index (κ1) is 22.4. The van der Waals surface area contributed by atoms with Crippen molar-refractivity contribution in [2.75, 3.05) is 11.4 Å². The Morgan fingerprint density at radius 3 is 2.58 bits per heavy atom. The molecule has 1 aromatic heterocycles. The van der Waals surface area contributed by atoms with Crippen LogP contribution in [-0.2, 0) is 12.8 Å². The van der Waals surface area contributed by atoms with Gasteiger partial charge in [0, 0.05) is 17.1 Å². The van der Waals surface area contributed by atoms with Crippen LogP contribution in [-0.4, -0.2) is 43.9 Å². The van der Waals surface area contributed by atoms with Crippen LogP contribution in [0.5, 0.6) is 0 Å². The topological polar surface area (TPSA) is 119 Å². The Kier molecular flexibility index (Phi) is 6.98. The number of aromatic amines is 1. The standard InChI is InChI=1S/C21H20ClFN4O4/c1-12(28)10-15-11-14(4-7-17(15)22)18-24-19(26-20(29)25-18)27(21(30)31)9-8-13-2-5-16(23)6-3-13/h2-7,11-12,28H,8-10H2,1H3,(H,30,31)(H,24,25,26,29). The minimum Gasteiger partial charge on any atom is -0.465 e. The highest BCUT2D eigenvalue weighted by molar-refractivity contribution is 6.31. The summed E-state index contributed by atoms with van der Waals surface area (Å²) in [4.78, 5) is 35.2. The molecular weight excluding hydrogens is 427 g/mol. The van der Waals surface area contributed by atoms with E-state index in [4.69, 9.17) is 11.6 Å². The number of hydrogen-bond acceptors (Lipinski definition) is 5. The fraction of sp³-hybridized carbons (Fsp3) is 0.238. The smallest absolute Gasteiger partial charge is 0.414 e. The zero-order chi connectivity index (χ0) is 22.5. The molecule has 0 aliphatic rings. The van der Waals surface area contributed by atoms with Gasteiger partial charge < -0.3 is 10.2 Å². The van der Waals surface area contributed by atoms with Gasteiger partial charge in [0.15, 0.2) is 0 Å². The Labute approximate surface area is 182 Å². The van der Waals surface area contributed by atoms with E-state index in [-0.39, 0.29) is 30.6 Å². The van der Waals surface area contributed by atoms with E-state index < -0.39 is 17.9 Å². The molecule has 162 valence electrons. The van der Waals surface area contributed by atoms with Gasteiger partial charge in [-0.05, 0) is 61.2 Å². The molecule has 10 heteroatoms. The molecule has 0 fully saturated rings. The number of aliphatic hydroxyl groups is 1. The molecule has 0 radical (unpaired) electrons. The second-order valence-corrected chi connectivity index (χ2v) is 7.38. The monoisotopic (exact) mass is 446 g/mol. The Morgan fingerprint density at radius 1 is 1.23 bits per heavy atom. The minimum atomic E-state index is -1.33. The lowest BCUT2D eigenvalue weighted by Gasteiger charge is -2.17. The van der Waals surface area contributed by atoms with Gasteiger partial charge in [0.25, 0.3) is 0 Å². The van der Waals surface area contributed by atoms with Crippen LogP contribution in [0.1, 0.15) is 18.1 Å². The SMILES string of the molecule is CC(O)Cc1cc(-c2nc(N(CCc3ccc(F)cc3)C(=O)O)nc(=O)[nH]2)ccc1Cl. The lowest BCUT2D eigenvalue weighted by molar-refractivity contribution is 0.195. The number of carboxylic acid groups (broad SMARTS) is 1. The number of rotatable bonds is 7. The van der Waals surface area contributed by atoms with Crippen molar-refractivity contribution in [1.82, 2.24) is 15.0 Å². The molecule has 3 rings (SSSR count). The summed E-state index contributed by atoms with van der Waals surface area (Å²) in [6.45, 7) is 1.59.